The van der Waals surface area contributed by atoms with Gasteiger partial charge in [0, 0.05) is 11.6 Å². The van der Waals surface area contributed by atoms with Gasteiger partial charge in [-0.25, -0.2) is 4.98 Å². The van der Waals surface area contributed by atoms with Crippen LogP contribution in [0.3, 0.4) is 0 Å². The van der Waals surface area contributed by atoms with Crippen LogP contribution in [-0.2, 0) is 4.79 Å². The van der Waals surface area contributed by atoms with E-state index in [1.54, 1.807) is 0 Å². The summed E-state index contributed by atoms with van der Waals surface area (Å²) >= 11 is 1.17. The van der Waals surface area contributed by atoms with Crippen molar-refractivity contribution in [1.29, 1.82) is 5.26 Å². The molecule has 140 valence electrons. The molecule has 1 amide bonds. The zero-order chi connectivity index (χ0) is 19.2. The first-order valence-corrected chi connectivity index (χ1v) is 10.1. The minimum atomic E-state index is -0.488. The molecule has 1 aromatic heterocycles. The third-order valence-corrected chi connectivity index (χ3v) is 5.52. The minimum Gasteiger partial charge on any atom is -0.353 e. The maximum Gasteiger partial charge on any atom is 0.270 e. The Kier molecular flexibility index (Phi) is 6.30. The third kappa shape index (κ3) is 4.98. The van der Waals surface area contributed by atoms with Crippen LogP contribution in [0, 0.1) is 18.3 Å². The van der Waals surface area contributed by atoms with Crippen LogP contribution in [0.4, 0.5) is 0 Å². The summed E-state index contributed by atoms with van der Waals surface area (Å²) < 4.78 is 0. The summed E-state index contributed by atoms with van der Waals surface area (Å²) in [6, 6.07) is 9.67. The minimum absolute atomic E-state index is 0.0186. The molecular formula is C20H22N4O2S. The van der Waals surface area contributed by atoms with Gasteiger partial charge in [0.1, 0.15) is 11.6 Å². The molecule has 0 unspecified atom stereocenters. The van der Waals surface area contributed by atoms with Crippen molar-refractivity contribution >= 4 is 17.7 Å². The summed E-state index contributed by atoms with van der Waals surface area (Å²) in [5, 5.41) is 12.7. The molecule has 1 heterocycles. The molecule has 0 atom stereocenters. The van der Waals surface area contributed by atoms with Gasteiger partial charge >= 0.3 is 0 Å². The molecule has 27 heavy (non-hydrogen) atoms. The lowest BCUT2D eigenvalue weighted by molar-refractivity contribution is -0.119. The van der Waals surface area contributed by atoms with Crippen molar-refractivity contribution < 1.29 is 4.79 Å². The topological polar surface area (TPSA) is 98.6 Å². The molecule has 0 spiro atoms. The number of H-pyrrole nitrogens is 1. The summed E-state index contributed by atoms with van der Waals surface area (Å²) in [4.78, 5) is 31.5. The molecule has 1 saturated carbocycles. The quantitative estimate of drug-likeness (QED) is 0.611. The molecule has 1 fully saturated rings. The predicted molar refractivity (Wildman–Crippen MR) is 105 cm³/mol. The van der Waals surface area contributed by atoms with E-state index in [9.17, 15) is 14.9 Å². The molecule has 3 rings (SSSR count). The van der Waals surface area contributed by atoms with Crippen molar-refractivity contribution in [2.75, 3.05) is 5.75 Å². The Hall–Kier alpha value is -2.59. The van der Waals surface area contributed by atoms with Crippen LogP contribution in [0.2, 0.25) is 0 Å². The first kappa shape index (κ1) is 19.2. The Labute approximate surface area is 162 Å². The van der Waals surface area contributed by atoms with E-state index in [0.717, 1.165) is 31.2 Å². The van der Waals surface area contributed by atoms with Gasteiger partial charge in [-0.1, -0.05) is 60.9 Å². The van der Waals surface area contributed by atoms with E-state index in [2.05, 4.69) is 15.3 Å². The van der Waals surface area contributed by atoms with E-state index in [1.807, 2.05) is 37.3 Å². The number of aromatic amines is 1. The van der Waals surface area contributed by atoms with Crippen LogP contribution in [-0.4, -0.2) is 27.7 Å². The Balaban J connectivity index is 1.74. The lowest BCUT2D eigenvalue weighted by atomic mass is 9.95. The van der Waals surface area contributed by atoms with Gasteiger partial charge in [0.2, 0.25) is 5.91 Å². The lowest BCUT2D eigenvalue weighted by Gasteiger charge is -2.22. The van der Waals surface area contributed by atoms with Gasteiger partial charge < -0.3 is 10.3 Å². The number of nitrogens with zero attached hydrogens (tertiary/aromatic N) is 2. The Bertz CT molecular complexity index is 909. The van der Waals surface area contributed by atoms with E-state index in [1.165, 1.54) is 18.2 Å². The number of hydrogen-bond donors (Lipinski definition) is 2. The van der Waals surface area contributed by atoms with E-state index >= 15 is 0 Å². The highest BCUT2D eigenvalue weighted by Crippen LogP contribution is 2.23. The van der Waals surface area contributed by atoms with Gasteiger partial charge in [-0.15, -0.1) is 0 Å². The zero-order valence-electron chi connectivity index (χ0n) is 15.2. The SMILES string of the molecule is Cc1ccc(-c2nc(SCC(=O)NC3CCCCC3)[nH]c(=O)c2C#N)cc1. The molecule has 1 aromatic carbocycles. The molecule has 6 nitrogen and oxygen atoms in total. The smallest absolute Gasteiger partial charge is 0.270 e. The lowest BCUT2D eigenvalue weighted by Crippen LogP contribution is -2.37. The van der Waals surface area contributed by atoms with E-state index in [-0.39, 0.29) is 23.3 Å². The number of carbonyl (C=O) groups excluding carboxylic acids is 1. The number of amides is 1. The number of aryl methyl sites for hydroxylation is 1. The average Bonchev–Trinajstić information content (AvgIpc) is 2.67. The molecule has 0 bridgehead atoms. The van der Waals surface area contributed by atoms with E-state index < -0.39 is 5.56 Å². The Morgan fingerprint density at radius 3 is 2.67 bits per heavy atom. The second-order valence-electron chi connectivity index (χ2n) is 6.76. The number of benzene rings is 1. The summed E-state index contributed by atoms with van der Waals surface area (Å²) in [6.45, 7) is 1.96. The maximum atomic E-state index is 12.3. The second kappa shape index (κ2) is 8.87. The maximum absolute atomic E-state index is 12.3. The van der Waals surface area contributed by atoms with Crippen LogP contribution in [0.15, 0.2) is 34.2 Å². The van der Waals surface area contributed by atoms with Crippen molar-refractivity contribution in [3.05, 3.63) is 45.7 Å². The van der Waals surface area contributed by atoms with Crippen LogP contribution in [0.25, 0.3) is 11.3 Å². The van der Waals surface area contributed by atoms with Gasteiger partial charge in [-0.05, 0) is 19.8 Å². The molecule has 2 N–H and O–H groups in total. The standard InChI is InChI=1S/C20H22N4O2S/c1-13-7-9-14(10-8-13)18-16(11-21)19(26)24-20(23-18)27-12-17(25)22-15-5-3-2-4-6-15/h7-10,15H,2-6,12H2,1H3,(H,22,25)(H,23,24,26). The van der Waals surface area contributed by atoms with Crippen molar-refractivity contribution in [2.24, 2.45) is 0 Å². The van der Waals surface area contributed by atoms with Crippen molar-refractivity contribution in [1.82, 2.24) is 15.3 Å². The molecule has 1 aliphatic rings. The van der Waals surface area contributed by atoms with Gasteiger partial charge in [-0.3, -0.25) is 9.59 Å². The summed E-state index contributed by atoms with van der Waals surface area (Å²) in [5.74, 6) is 0.120. The van der Waals surface area contributed by atoms with Crippen molar-refractivity contribution in [2.45, 2.75) is 50.2 Å². The molecule has 0 aliphatic heterocycles. The van der Waals surface area contributed by atoms with E-state index in [4.69, 9.17) is 0 Å². The first-order valence-electron chi connectivity index (χ1n) is 9.10. The van der Waals surface area contributed by atoms with Crippen LogP contribution >= 0.6 is 11.8 Å². The highest BCUT2D eigenvalue weighted by molar-refractivity contribution is 7.99. The van der Waals surface area contributed by atoms with Gasteiger partial charge in [-0.2, -0.15) is 5.26 Å². The Morgan fingerprint density at radius 1 is 1.30 bits per heavy atom. The fourth-order valence-electron chi connectivity index (χ4n) is 3.20. The van der Waals surface area contributed by atoms with Crippen LogP contribution in [0.5, 0.6) is 0 Å². The normalized spacial score (nSPS) is 14.5. The highest BCUT2D eigenvalue weighted by atomic mass is 32.2. The fourth-order valence-corrected chi connectivity index (χ4v) is 3.87. The summed E-state index contributed by atoms with van der Waals surface area (Å²) in [7, 11) is 0. The van der Waals surface area contributed by atoms with Crippen LogP contribution in [0.1, 0.15) is 43.2 Å². The molecule has 0 saturated heterocycles. The number of nitriles is 1. The summed E-state index contributed by atoms with van der Waals surface area (Å²) in [6.07, 6.45) is 5.60. The van der Waals surface area contributed by atoms with Gasteiger partial charge in [0.15, 0.2) is 5.16 Å². The fraction of sp³-hybridized carbons (Fsp3) is 0.400. The number of hydrogen-bond acceptors (Lipinski definition) is 5. The molecule has 7 heteroatoms. The highest BCUT2D eigenvalue weighted by Gasteiger charge is 2.17. The van der Waals surface area contributed by atoms with Gasteiger partial charge in [0.25, 0.3) is 5.56 Å². The third-order valence-electron chi connectivity index (χ3n) is 4.64. The monoisotopic (exact) mass is 382 g/mol. The number of aromatic nitrogens is 2. The van der Waals surface area contributed by atoms with Crippen molar-refractivity contribution in [3.8, 4) is 17.3 Å². The Morgan fingerprint density at radius 2 is 2.00 bits per heavy atom. The number of carbonyl (C=O) groups is 1. The van der Waals surface area contributed by atoms with Crippen molar-refractivity contribution in [3.63, 3.8) is 0 Å². The molecule has 0 radical (unpaired) electrons. The van der Waals surface area contributed by atoms with E-state index in [0.29, 0.717) is 16.4 Å². The number of rotatable bonds is 5. The number of thioether (sulfide) groups is 1. The predicted octanol–water partition coefficient (Wildman–Crippen LogP) is 3.16. The van der Waals surface area contributed by atoms with Gasteiger partial charge in [0.05, 0.1) is 11.4 Å². The first-order chi connectivity index (χ1) is 13.1. The van der Waals surface area contributed by atoms with Crippen LogP contribution < -0.4 is 10.9 Å². The average molecular weight is 382 g/mol. The number of nitrogens with one attached hydrogen (secondary N) is 2. The molecule has 1 aliphatic carbocycles. The largest absolute Gasteiger partial charge is 0.353 e. The zero-order valence-corrected chi connectivity index (χ0v) is 16.1. The molecule has 2 aromatic rings. The molecular weight excluding hydrogens is 360 g/mol. The second-order valence-corrected chi connectivity index (χ2v) is 7.73. The summed E-state index contributed by atoms with van der Waals surface area (Å²) in [5.41, 5.74) is 1.62.